The Morgan fingerprint density at radius 2 is 1.42 bits per heavy atom. The zero-order valence-corrected chi connectivity index (χ0v) is 45.6. The number of carbonyl (C=O) groups is 12. The number of esters is 1. The molecule has 1 aromatic carbocycles. The second kappa shape index (κ2) is 29.4. The summed E-state index contributed by atoms with van der Waals surface area (Å²) in [5, 5.41) is 28.1. The molecule has 3 aliphatic rings. The van der Waals surface area contributed by atoms with Gasteiger partial charge in [0, 0.05) is 25.9 Å². The van der Waals surface area contributed by atoms with E-state index < -0.39 is 151 Å². The molecule has 3 heterocycles. The molecule has 4 rings (SSSR count). The topological polar surface area (TPSA) is 351 Å². The molecular weight excluding hydrogens is 1000 g/mol. The van der Waals surface area contributed by atoms with Crippen LogP contribution in [0.25, 0.3) is 0 Å². The molecule has 0 aliphatic carbocycles. The van der Waals surface area contributed by atoms with Crippen LogP contribution in [0, 0.1) is 23.7 Å². The summed E-state index contributed by atoms with van der Waals surface area (Å²) in [6.45, 7) is 12.7. The molecule has 24 heteroatoms. The number of aromatic hydroxyl groups is 1. The number of phenolic OH excluding ortho intramolecular Hbond substituents is 1. The standard InChI is InChI=1S/C53H80N10O14/c1-9-12-43(67)61-46(31(8)10-2)50(73)60-38-27-77-53(76)39-13-11-18-62(39)51(74)37(22-32-14-16-33(64)17-15-32)59-48(71)36(23-42(54)66)57-45(69)25-55-47(70)35(20-29(5)6)56-44(68)24-41(65)34(19-28(3)4)58-49(72)40-21-30(7)26-63(40)52(38)75/h14-17,28-31,34-40,46,64H,9-13,18-27H2,1-8H3,(H2,54,66)(H,55,70)(H,56,68)(H,57,69)(H,58,72)(H,59,71)(H,60,73)(H,61,67)/t30-,31-,34+,35-,36-,37-,38-,39-,40-,46-/m0/s1. The van der Waals surface area contributed by atoms with Crippen molar-refractivity contribution in [3.05, 3.63) is 29.8 Å². The molecule has 0 saturated carbocycles. The van der Waals surface area contributed by atoms with Crippen molar-refractivity contribution in [3.8, 4) is 5.75 Å². The minimum Gasteiger partial charge on any atom is -0.508 e. The lowest BCUT2D eigenvalue weighted by molar-refractivity contribution is -0.157. The number of hydrogen-bond donors (Lipinski definition) is 9. The highest BCUT2D eigenvalue weighted by molar-refractivity contribution is 6.04. The lowest BCUT2D eigenvalue weighted by Crippen LogP contribution is -2.60. The Bertz CT molecular complexity index is 2330. The van der Waals surface area contributed by atoms with Crippen LogP contribution in [-0.4, -0.2) is 160 Å². The van der Waals surface area contributed by atoms with Crippen molar-refractivity contribution in [1.82, 2.24) is 47.0 Å². The van der Waals surface area contributed by atoms with E-state index in [1.54, 1.807) is 48.5 Å². The van der Waals surface area contributed by atoms with Crippen LogP contribution >= 0.6 is 0 Å². The summed E-state index contributed by atoms with van der Waals surface area (Å²) in [6.07, 6.45) is -0.0689. The molecule has 0 unspecified atom stereocenters. The third kappa shape index (κ3) is 18.8. The van der Waals surface area contributed by atoms with Crippen LogP contribution in [0.4, 0.5) is 0 Å². The molecule has 24 nitrogen and oxygen atoms in total. The van der Waals surface area contributed by atoms with Gasteiger partial charge in [0.1, 0.15) is 54.6 Å². The number of primary amides is 1. The second-order valence-corrected chi connectivity index (χ2v) is 21.4. The first kappa shape index (κ1) is 62.4. The molecule has 0 aromatic heterocycles. The maximum absolute atomic E-state index is 14.9. The molecule has 0 spiro atoms. The Hall–Kier alpha value is -7.14. The molecule has 10 amide bonds. The fraction of sp³-hybridized carbons (Fsp3) is 0.660. The predicted molar refractivity (Wildman–Crippen MR) is 278 cm³/mol. The van der Waals surface area contributed by atoms with Crippen LogP contribution in [-0.2, 0) is 68.7 Å². The van der Waals surface area contributed by atoms with Gasteiger partial charge in [-0.25, -0.2) is 4.79 Å². The van der Waals surface area contributed by atoms with Crippen molar-refractivity contribution in [2.24, 2.45) is 29.4 Å². The van der Waals surface area contributed by atoms with Gasteiger partial charge in [-0.05, 0) is 79.9 Å². The van der Waals surface area contributed by atoms with E-state index in [2.05, 4.69) is 37.2 Å². The zero-order chi connectivity index (χ0) is 57.3. The lowest BCUT2D eigenvalue weighted by atomic mass is 9.97. The molecule has 426 valence electrons. The molecule has 3 fully saturated rings. The van der Waals surface area contributed by atoms with Crippen molar-refractivity contribution >= 4 is 70.8 Å². The normalized spacial score (nSPS) is 25.8. The van der Waals surface area contributed by atoms with Crippen molar-refractivity contribution in [2.75, 3.05) is 26.2 Å². The highest BCUT2D eigenvalue weighted by atomic mass is 16.5. The molecule has 3 aliphatic heterocycles. The molecular formula is C53H80N10O14. The van der Waals surface area contributed by atoms with Crippen LogP contribution in [0.1, 0.15) is 125 Å². The van der Waals surface area contributed by atoms with Gasteiger partial charge in [0.05, 0.1) is 25.4 Å². The molecule has 0 bridgehead atoms. The number of ketones is 1. The summed E-state index contributed by atoms with van der Waals surface area (Å²) in [5.74, 6) is -11.1. The van der Waals surface area contributed by atoms with Gasteiger partial charge in [-0.2, -0.15) is 0 Å². The minimum atomic E-state index is -1.69. The van der Waals surface area contributed by atoms with E-state index >= 15 is 0 Å². The van der Waals surface area contributed by atoms with Gasteiger partial charge in [-0.1, -0.05) is 73.9 Å². The Morgan fingerprint density at radius 3 is 2.04 bits per heavy atom. The smallest absolute Gasteiger partial charge is 0.328 e. The first-order chi connectivity index (χ1) is 36.3. The van der Waals surface area contributed by atoms with Gasteiger partial charge < -0.3 is 62.6 Å². The fourth-order valence-corrected chi connectivity index (χ4v) is 9.61. The monoisotopic (exact) mass is 1080 g/mol. The summed E-state index contributed by atoms with van der Waals surface area (Å²) >= 11 is 0. The number of rotatable bonds is 15. The number of benzene rings is 1. The number of ether oxygens (including phenoxy) is 1. The number of nitrogens with two attached hydrogens (primary N) is 1. The SMILES string of the molecule is CCCC(=O)N[C@H](C(=O)N[C@H]1COC(=O)[C@@H]2CCCN2C(=O)[C@H](Cc2ccc(O)cc2)NC(=O)[C@H](CC(N)=O)NC(=O)CNC(=O)[C@H](CC(C)C)NC(=O)CC(=O)[C@@H](CC(C)C)NC(=O)[C@@H]2C[C@H](C)CN2C1=O)[C@@H](C)CC. The van der Waals surface area contributed by atoms with Crippen LogP contribution in [0.3, 0.4) is 0 Å². The summed E-state index contributed by atoms with van der Waals surface area (Å²) < 4.78 is 5.82. The Balaban J connectivity index is 1.81. The van der Waals surface area contributed by atoms with Crippen LogP contribution in [0.15, 0.2) is 24.3 Å². The van der Waals surface area contributed by atoms with E-state index in [0.29, 0.717) is 18.4 Å². The van der Waals surface area contributed by atoms with E-state index in [-0.39, 0.29) is 81.5 Å². The van der Waals surface area contributed by atoms with Gasteiger partial charge in [-0.3, -0.25) is 52.7 Å². The molecule has 1 aromatic rings. The highest BCUT2D eigenvalue weighted by Gasteiger charge is 2.45. The third-order valence-corrected chi connectivity index (χ3v) is 13.8. The first-order valence-corrected chi connectivity index (χ1v) is 26.7. The summed E-state index contributed by atoms with van der Waals surface area (Å²) in [6, 6.07) is -5.23. The van der Waals surface area contributed by atoms with Crippen molar-refractivity contribution in [3.63, 3.8) is 0 Å². The Morgan fingerprint density at radius 1 is 0.779 bits per heavy atom. The number of cyclic esters (lactones) is 1. The fourth-order valence-electron chi connectivity index (χ4n) is 9.61. The average molecular weight is 1080 g/mol. The summed E-state index contributed by atoms with van der Waals surface area (Å²) in [5.41, 5.74) is 5.94. The Kier molecular flexibility index (Phi) is 23.8. The number of Topliss-reactive ketones (excluding diaryl/α,β-unsaturated/α-hetero) is 1. The van der Waals surface area contributed by atoms with Crippen molar-refractivity contribution in [2.45, 2.75) is 174 Å². The van der Waals surface area contributed by atoms with Gasteiger partial charge in [0.15, 0.2) is 5.78 Å². The summed E-state index contributed by atoms with van der Waals surface area (Å²) in [4.78, 5) is 169. The average Bonchev–Trinajstić information content (AvgIpc) is 4.02. The van der Waals surface area contributed by atoms with Gasteiger partial charge in [0.2, 0.25) is 59.1 Å². The largest absolute Gasteiger partial charge is 0.508 e. The van der Waals surface area contributed by atoms with Crippen LogP contribution in [0.2, 0.25) is 0 Å². The third-order valence-electron chi connectivity index (χ3n) is 13.8. The number of fused-ring (bicyclic) bond motifs is 2. The molecule has 10 N–H and O–H groups in total. The van der Waals surface area contributed by atoms with E-state index in [9.17, 15) is 62.6 Å². The maximum Gasteiger partial charge on any atom is 0.328 e. The van der Waals surface area contributed by atoms with E-state index in [0.717, 1.165) is 0 Å². The number of nitrogens with one attached hydrogen (secondary N) is 7. The summed E-state index contributed by atoms with van der Waals surface area (Å²) in [7, 11) is 0. The van der Waals surface area contributed by atoms with Gasteiger partial charge in [0.25, 0.3) is 0 Å². The zero-order valence-electron chi connectivity index (χ0n) is 45.6. The van der Waals surface area contributed by atoms with Gasteiger partial charge in [-0.15, -0.1) is 0 Å². The van der Waals surface area contributed by atoms with Crippen molar-refractivity contribution in [1.29, 1.82) is 0 Å². The van der Waals surface area contributed by atoms with Crippen LogP contribution < -0.4 is 43.0 Å². The van der Waals surface area contributed by atoms with E-state index in [1.807, 2.05) is 6.92 Å². The van der Waals surface area contributed by atoms with Gasteiger partial charge >= 0.3 is 5.97 Å². The van der Waals surface area contributed by atoms with E-state index in [4.69, 9.17) is 10.5 Å². The maximum atomic E-state index is 14.9. The predicted octanol–water partition coefficient (Wildman–Crippen LogP) is -0.482. The number of phenols is 1. The second-order valence-electron chi connectivity index (χ2n) is 21.4. The molecule has 3 saturated heterocycles. The first-order valence-electron chi connectivity index (χ1n) is 26.7. The van der Waals surface area contributed by atoms with Crippen LogP contribution in [0.5, 0.6) is 5.75 Å². The number of hydrogen-bond acceptors (Lipinski definition) is 14. The molecule has 77 heavy (non-hydrogen) atoms. The minimum absolute atomic E-state index is 0.00411. The highest BCUT2D eigenvalue weighted by Crippen LogP contribution is 2.26. The number of amides is 10. The van der Waals surface area contributed by atoms with E-state index in [1.165, 1.54) is 34.1 Å². The molecule has 10 atom stereocenters. The number of nitrogens with zero attached hydrogens (tertiary/aromatic N) is 2. The van der Waals surface area contributed by atoms with Crippen molar-refractivity contribution < 1.29 is 67.4 Å². The lowest BCUT2D eigenvalue weighted by Gasteiger charge is -2.32. The Labute approximate surface area is 449 Å². The quantitative estimate of drug-likeness (QED) is 0.0792. The number of carbonyl (C=O) groups excluding carboxylic acids is 12. The molecule has 0 radical (unpaired) electrons.